The molecule has 4 rings (SSSR count). The first kappa shape index (κ1) is 13.3. The average Bonchev–Trinajstić information content (AvgIpc) is 3.10. The summed E-state index contributed by atoms with van der Waals surface area (Å²) in [7, 11) is 0. The molecule has 112 valence electrons. The second-order valence-corrected chi connectivity index (χ2v) is 6.02. The van der Waals surface area contributed by atoms with Crippen LogP contribution in [-0.4, -0.2) is 35.2 Å². The number of aliphatic hydroxyl groups is 1. The molecule has 2 amide bonds. The molecule has 22 heavy (non-hydrogen) atoms. The minimum Gasteiger partial charge on any atom is -0.391 e. The Kier molecular flexibility index (Phi) is 3.12. The number of urea groups is 1. The Morgan fingerprint density at radius 1 is 1.14 bits per heavy atom. The van der Waals surface area contributed by atoms with Gasteiger partial charge in [-0.05, 0) is 47.2 Å². The van der Waals surface area contributed by atoms with E-state index in [9.17, 15) is 9.90 Å². The van der Waals surface area contributed by atoms with E-state index in [0.717, 1.165) is 12.1 Å². The number of hydrogen-bond donors (Lipinski definition) is 2. The topological polar surface area (TPSA) is 52.6 Å². The Balaban J connectivity index is 1.54. The molecule has 0 aromatic heterocycles. The first-order valence-electron chi connectivity index (χ1n) is 7.66. The summed E-state index contributed by atoms with van der Waals surface area (Å²) in [5.74, 6) is 0. The van der Waals surface area contributed by atoms with Gasteiger partial charge >= 0.3 is 6.03 Å². The third-order valence-corrected chi connectivity index (χ3v) is 4.50. The van der Waals surface area contributed by atoms with Gasteiger partial charge in [0, 0.05) is 18.8 Å². The van der Waals surface area contributed by atoms with Gasteiger partial charge in [-0.15, -0.1) is 0 Å². The number of nitrogens with one attached hydrogen (secondary N) is 1. The molecule has 0 saturated carbocycles. The predicted molar refractivity (Wildman–Crippen MR) is 85.9 cm³/mol. The van der Waals surface area contributed by atoms with Gasteiger partial charge in [-0.25, -0.2) is 4.79 Å². The molecule has 1 fully saturated rings. The molecule has 1 heterocycles. The highest BCUT2D eigenvalue weighted by Gasteiger charge is 2.25. The van der Waals surface area contributed by atoms with E-state index in [4.69, 9.17) is 0 Å². The van der Waals surface area contributed by atoms with Crippen LogP contribution in [0.5, 0.6) is 0 Å². The van der Waals surface area contributed by atoms with Gasteiger partial charge in [0.05, 0.1) is 6.10 Å². The average molecular weight is 294 g/mol. The van der Waals surface area contributed by atoms with Gasteiger partial charge in [-0.3, -0.25) is 0 Å². The summed E-state index contributed by atoms with van der Waals surface area (Å²) in [6, 6.07) is 14.4. The summed E-state index contributed by atoms with van der Waals surface area (Å²) < 4.78 is 0. The lowest BCUT2D eigenvalue weighted by molar-refractivity contribution is 0.176. The van der Waals surface area contributed by atoms with Crippen LogP contribution in [0.4, 0.5) is 10.5 Å². The molecule has 0 bridgehead atoms. The van der Waals surface area contributed by atoms with E-state index in [1.54, 1.807) is 4.90 Å². The highest BCUT2D eigenvalue weighted by atomic mass is 16.3. The largest absolute Gasteiger partial charge is 0.391 e. The summed E-state index contributed by atoms with van der Waals surface area (Å²) in [6.45, 7) is 1.03. The Labute approximate surface area is 129 Å². The monoisotopic (exact) mass is 294 g/mol. The van der Waals surface area contributed by atoms with Gasteiger partial charge in [0.2, 0.25) is 0 Å². The van der Waals surface area contributed by atoms with Crippen LogP contribution < -0.4 is 5.32 Å². The van der Waals surface area contributed by atoms with E-state index in [-0.39, 0.29) is 12.1 Å². The summed E-state index contributed by atoms with van der Waals surface area (Å²) in [6.07, 6.45) is 1.19. The van der Waals surface area contributed by atoms with Crippen molar-refractivity contribution in [1.82, 2.24) is 4.90 Å². The number of likely N-dealkylation sites (tertiary alicyclic amines) is 1. The zero-order chi connectivity index (χ0) is 15.1. The minimum absolute atomic E-state index is 0.132. The Morgan fingerprint density at radius 2 is 1.95 bits per heavy atom. The fourth-order valence-electron chi connectivity index (χ4n) is 3.35. The maximum absolute atomic E-state index is 12.2. The fraction of sp³-hybridized carbons (Fsp3) is 0.278. The highest BCUT2D eigenvalue weighted by Crippen LogP contribution is 2.37. The standard InChI is InChI=1S/C18H18N2O2/c21-15-7-8-20(11-15)18(22)19-14-5-6-17-13(10-14)9-12-3-1-2-4-16(12)17/h1-6,10,15,21H,7-9,11H2,(H,19,22). The molecule has 0 radical (unpaired) electrons. The van der Waals surface area contributed by atoms with Crippen LogP contribution in [0.3, 0.4) is 0 Å². The molecule has 1 aliphatic carbocycles. The maximum atomic E-state index is 12.2. The molecular formula is C18H18N2O2. The molecule has 2 N–H and O–H groups in total. The number of carbonyl (C=O) groups is 1. The van der Waals surface area contributed by atoms with Crippen molar-refractivity contribution in [3.05, 3.63) is 53.6 Å². The molecule has 4 heteroatoms. The Morgan fingerprint density at radius 3 is 2.77 bits per heavy atom. The molecule has 1 aliphatic heterocycles. The summed E-state index contributed by atoms with van der Waals surface area (Å²) in [5, 5.41) is 12.5. The SMILES string of the molecule is O=C(Nc1ccc2c(c1)Cc1ccccc1-2)N1CCC(O)C1. The zero-order valence-electron chi connectivity index (χ0n) is 12.2. The number of fused-ring (bicyclic) bond motifs is 3. The second kappa shape index (κ2) is 5.14. The number of β-amino-alcohol motifs (C(OH)–C–C–N with tert-alkyl or cyclic N) is 1. The molecule has 1 atom stereocenters. The number of aliphatic hydroxyl groups excluding tert-OH is 1. The van der Waals surface area contributed by atoms with Crippen LogP contribution in [0.1, 0.15) is 17.5 Å². The van der Waals surface area contributed by atoms with Crippen molar-refractivity contribution in [1.29, 1.82) is 0 Å². The van der Waals surface area contributed by atoms with Gasteiger partial charge in [-0.2, -0.15) is 0 Å². The number of amides is 2. The Hall–Kier alpha value is -2.33. The van der Waals surface area contributed by atoms with Gasteiger partial charge in [-0.1, -0.05) is 30.3 Å². The van der Waals surface area contributed by atoms with E-state index in [1.165, 1.54) is 22.3 Å². The third kappa shape index (κ3) is 2.25. The van der Waals surface area contributed by atoms with Crippen LogP contribution in [0.2, 0.25) is 0 Å². The summed E-state index contributed by atoms with van der Waals surface area (Å²) in [4.78, 5) is 13.8. The number of carbonyl (C=O) groups excluding carboxylic acids is 1. The zero-order valence-corrected chi connectivity index (χ0v) is 12.2. The van der Waals surface area contributed by atoms with Crippen LogP contribution in [0.15, 0.2) is 42.5 Å². The van der Waals surface area contributed by atoms with Crippen molar-refractivity contribution in [3.8, 4) is 11.1 Å². The van der Waals surface area contributed by atoms with Gasteiger partial charge < -0.3 is 15.3 Å². The third-order valence-electron chi connectivity index (χ3n) is 4.50. The number of hydrogen-bond acceptors (Lipinski definition) is 2. The number of rotatable bonds is 1. The minimum atomic E-state index is -0.389. The number of nitrogens with zero attached hydrogens (tertiary/aromatic N) is 1. The highest BCUT2D eigenvalue weighted by molar-refractivity contribution is 5.90. The summed E-state index contributed by atoms with van der Waals surface area (Å²) in [5.41, 5.74) is 5.95. The van der Waals surface area contributed by atoms with Crippen molar-refractivity contribution < 1.29 is 9.90 Å². The molecular weight excluding hydrogens is 276 g/mol. The van der Waals surface area contributed by atoms with Crippen molar-refractivity contribution in [3.63, 3.8) is 0 Å². The van der Waals surface area contributed by atoms with E-state index in [1.807, 2.05) is 6.07 Å². The number of benzene rings is 2. The molecule has 2 aliphatic rings. The van der Waals surface area contributed by atoms with Crippen molar-refractivity contribution >= 4 is 11.7 Å². The van der Waals surface area contributed by atoms with Crippen molar-refractivity contribution in [2.45, 2.75) is 18.9 Å². The van der Waals surface area contributed by atoms with Gasteiger partial charge in [0.25, 0.3) is 0 Å². The predicted octanol–water partition coefficient (Wildman–Crippen LogP) is 2.86. The molecule has 2 aromatic carbocycles. The van der Waals surface area contributed by atoms with E-state index in [0.29, 0.717) is 19.5 Å². The van der Waals surface area contributed by atoms with Gasteiger partial charge in [0.1, 0.15) is 0 Å². The van der Waals surface area contributed by atoms with Crippen molar-refractivity contribution in [2.75, 3.05) is 18.4 Å². The fourth-order valence-corrected chi connectivity index (χ4v) is 3.35. The smallest absolute Gasteiger partial charge is 0.321 e. The summed E-state index contributed by atoms with van der Waals surface area (Å²) >= 11 is 0. The second-order valence-electron chi connectivity index (χ2n) is 6.02. The van der Waals surface area contributed by atoms with Crippen LogP contribution in [0.25, 0.3) is 11.1 Å². The molecule has 4 nitrogen and oxygen atoms in total. The van der Waals surface area contributed by atoms with Crippen LogP contribution in [0, 0.1) is 0 Å². The molecule has 2 aromatic rings. The lowest BCUT2D eigenvalue weighted by Gasteiger charge is -2.17. The van der Waals surface area contributed by atoms with Crippen molar-refractivity contribution in [2.24, 2.45) is 0 Å². The molecule has 1 saturated heterocycles. The Bertz CT molecular complexity index is 742. The lowest BCUT2D eigenvalue weighted by atomic mass is 10.1. The van der Waals surface area contributed by atoms with E-state index in [2.05, 4.69) is 41.7 Å². The van der Waals surface area contributed by atoms with Crippen LogP contribution >= 0.6 is 0 Å². The first-order valence-corrected chi connectivity index (χ1v) is 7.66. The lowest BCUT2D eigenvalue weighted by Crippen LogP contribution is -2.33. The quantitative estimate of drug-likeness (QED) is 0.725. The maximum Gasteiger partial charge on any atom is 0.321 e. The van der Waals surface area contributed by atoms with E-state index >= 15 is 0 Å². The van der Waals surface area contributed by atoms with Gasteiger partial charge in [0.15, 0.2) is 0 Å². The normalized spacial score (nSPS) is 19.0. The number of anilines is 1. The van der Waals surface area contributed by atoms with E-state index < -0.39 is 0 Å². The molecule has 0 spiro atoms. The van der Waals surface area contributed by atoms with Crippen LogP contribution in [-0.2, 0) is 6.42 Å². The molecule has 1 unspecified atom stereocenters. The first-order chi connectivity index (χ1) is 10.7.